The summed E-state index contributed by atoms with van der Waals surface area (Å²) >= 11 is 0. The highest BCUT2D eigenvalue weighted by atomic mass is 16.5. The molecule has 1 aromatic rings. The molecule has 0 aliphatic heterocycles. The standard InChI is InChI=1S/C12H14O2/c13-9-5-2-6-10-14-11-12-7-3-1-4-8-12/h1,3-8,13H,9-11H2. The number of ether oxygens (including phenoxy) is 1. The molecule has 74 valence electrons. The Morgan fingerprint density at radius 2 is 2.00 bits per heavy atom. The van der Waals surface area contributed by atoms with Crippen molar-refractivity contribution < 1.29 is 9.84 Å². The topological polar surface area (TPSA) is 29.5 Å². The van der Waals surface area contributed by atoms with Gasteiger partial charge in [-0.05, 0) is 17.7 Å². The highest BCUT2D eigenvalue weighted by Crippen LogP contribution is 1.99. The minimum absolute atomic E-state index is 0.0230. The number of aliphatic hydroxyl groups excluding tert-OH is 1. The van der Waals surface area contributed by atoms with Crippen LogP contribution in [0.15, 0.2) is 48.2 Å². The fourth-order valence-corrected chi connectivity index (χ4v) is 0.994. The predicted octanol–water partition coefficient (Wildman–Crippen LogP) is 1.91. The number of hydrogen-bond donors (Lipinski definition) is 1. The van der Waals surface area contributed by atoms with Gasteiger partial charge in [-0.25, -0.2) is 0 Å². The molecule has 1 N–H and O–H groups in total. The van der Waals surface area contributed by atoms with Crippen molar-refractivity contribution >= 4 is 0 Å². The zero-order valence-corrected chi connectivity index (χ0v) is 8.02. The summed E-state index contributed by atoms with van der Waals surface area (Å²) in [6.07, 6.45) is 3.30. The molecular weight excluding hydrogens is 176 g/mol. The Kier molecular flexibility index (Phi) is 5.45. The maximum atomic E-state index is 8.42. The quantitative estimate of drug-likeness (QED) is 0.567. The van der Waals surface area contributed by atoms with Crippen LogP contribution in [0.25, 0.3) is 0 Å². The minimum Gasteiger partial charge on any atom is -0.392 e. The van der Waals surface area contributed by atoms with E-state index in [0.717, 1.165) is 5.56 Å². The summed E-state index contributed by atoms with van der Waals surface area (Å²) in [5.41, 5.74) is 3.96. The van der Waals surface area contributed by atoms with Crippen molar-refractivity contribution in [2.75, 3.05) is 13.2 Å². The molecule has 0 atom stereocenters. The highest BCUT2D eigenvalue weighted by molar-refractivity contribution is 5.13. The van der Waals surface area contributed by atoms with E-state index >= 15 is 0 Å². The Morgan fingerprint density at radius 1 is 1.21 bits per heavy atom. The molecule has 14 heavy (non-hydrogen) atoms. The lowest BCUT2D eigenvalue weighted by atomic mass is 10.2. The summed E-state index contributed by atoms with van der Waals surface area (Å²) in [6.45, 7) is 1.15. The SMILES string of the molecule is OCC=C=CCOCc1ccccc1. The van der Waals surface area contributed by atoms with Crippen LogP contribution in [0.2, 0.25) is 0 Å². The van der Waals surface area contributed by atoms with Crippen LogP contribution in [0.1, 0.15) is 5.56 Å². The molecule has 2 heteroatoms. The molecule has 0 fully saturated rings. The predicted molar refractivity (Wildman–Crippen MR) is 55.8 cm³/mol. The Morgan fingerprint density at radius 3 is 2.71 bits per heavy atom. The van der Waals surface area contributed by atoms with Gasteiger partial charge >= 0.3 is 0 Å². The van der Waals surface area contributed by atoms with Gasteiger partial charge in [0.1, 0.15) is 0 Å². The van der Waals surface area contributed by atoms with Crippen molar-refractivity contribution in [3.8, 4) is 0 Å². The lowest BCUT2D eigenvalue weighted by Gasteiger charge is -1.99. The highest BCUT2D eigenvalue weighted by Gasteiger charge is 1.88. The van der Waals surface area contributed by atoms with Crippen LogP contribution >= 0.6 is 0 Å². The molecule has 0 heterocycles. The first-order chi connectivity index (χ1) is 6.93. The van der Waals surface area contributed by atoms with E-state index in [-0.39, 0.29) is 6.61 Å². The van der Waals surface area contributed by atoms with Gasteiger partial charge in [-0.1, -0.05) is 30.3 Å². The van der Waals surface area contributed by atoms with Gasteiger partial charge in [0, 0.05) is 0 Å². The van der Waals surface area contributed by atoms with Crippen LogP contribution in [0.5, 0.6) is 0 Å². The summed E-state index contributed by atoms with van der Waals surface area (Å²) in [6, 6.07) is 9.99. The zero-order valence-electron chi connectivity index (χ0n) is 8.02. The maximum Gasteiger partial charge on any atom is 0.0725 e. The third-order valence-electron chi connectivity index (χ3n) is 1.64. The maximum absolute atomic E-state index is 8.42. The van der Waals surface area contributed by atoms with E-state index in [0.29, 0.717) is 13.2 Å². The smallest absolute Gasteiger partial charge is 0.0725 e. The van der Waals surface area contributed by atoms with Crippen LogP contribution in [0.3, 0.4) is 0 Å². The lowest BCUT2D eigenvalue weighted by molar-refractivity contribution is 0.149. The average Bonchev–Trinajstić information content (AvgIpc) is 2.25. The van der Waals surface area contributed by atoms with Gasteiger partial charge in [-0.15, -0.1) is 5.73 Å². The Bertz CT molecular complexity index is 297. The van der Waals surface area contributed by atoms with Crippen molar-refractivity contribution in [1.29, 1.82) is 0 Å². The van der Waals surface area contributed by atoms with Gasteiger partial charge in [-0.3, -0.25) is 0 Å². The van der Waals surface area contributed by atoms with Crippen LogP contribution in [-0.4, -0.2) is 18.3 Å². The molecule has 0 saturated carbocycles. The summed E-state index contributed by atoms with van der Waals surface area (Å²) in [4.78, 5) is 0. The van der Waals surface area contributed by atoms with Gasteiger partial charge in [0.25, 0.3) is 0 Å². The molecule has 1 aromatic carbocycles. The van der Waals surface area contributed by atoms with E-state index in [1.54, 1.807) is 12.2 Å². The van der Waals surface area contributed by atoms with Gasteiger partial charge in [0.15, 0.2) is 0 Å². The summed E-state index contributed by atoms with van der Waals surface area (Å²) in [7, 11) is 0. The number of benzene rings is 1. The molecule has 0 radical (unpaired) electrons. The van der Waals surface area contributed by atoms with Crippen molar-refractivity contribution in [2.45, 2.75) is 6.61 Å². The molecule has 0 amide bonds. The van der Waals surface area contributed by atoms with Gasteiger partial charge in [0.2, 0.25) is 0 Å². The fourth-order valence-electron chi connectivity index (χ4n) is 0.994. The minimum atomic E-state index is 0.0230. The number of aliphatic hydroxyl groups is 1. The fraction of sp³-hybridized carbons (Fsp3) is 0.250. The molecular formula is C12H14O2. The monoisotopic (exact) mass is 190 g/mol. The van der Waals surface area contributed by atoms with E-state index in [2.05, 4.69) is 5.73 Å². The first-order valence-electron chi connectivity index (χ1n) is 4.55. The normalized spacial score (nSPS) is 9.21. The Balaban J connectivity index is 2.19. The summed E-state index contributed by atoms with van der Waals surface area (Å²) < 4.78 is 5.35. The van der Waals surface area contributed by atoms with E-state index in [1.807, 2.05) is 30.3 Å². The molecule has 2 nitrogen and oxygen atoms in total. The second kappa shape index (κ2) is 7.10. The summed E-state index contributed by atoms with van der Waals surface area (Å²) in [5.74, 6) is 0. The van der Waals surface area contributed by atoms with Crippen molar-refractivity contribution in [3.63, 3.8) is 0 Å². The molecule has 0 aromatic heterocycles. The van der Waals surface area contributed by atoms with E-state index in [4.69, 9.17) is 9.84 Å². The number of hydrogen-bond acceptors (Lipinski definition) is 2. The third-order valence-corrected chi connectivity index (χ3v) is 1.64. The lowest BCUT2D eigenvalue weighted by Crippen LogP contribution is -1.91. The first kappa shape index (κ1) is 10.7. The average molecular weight is 190 g/mol. The van der Waals surface area contributed by atoms with Crippen LogP contribution in [-0.2, 0) is 11.3 Å². The number of rotatable bonds is 5. The Labute approximate surface area is 84.1 Å². The summed E-state index contributed by atoms with van der Waals surface area (Å²) in [5, 5.41) is 8.42. The molecule has 1 rings (SSSR count). The van der Waals surface area contributed by atoms with E-state index < -0.39 is 0 Å². The first-order valence-corrected chi connectivity index (χ1v) is 4.55. The molecule has 0 unspecified atom stereocenters. The third kappa shape index (κ3) is 4.63. The van der Waals surface area contributed by atoms with Gasteiger partial charge < -0.3 is 9.84 Å². The molecule has 0 aliphatic carbocycles. The molecule has 0 spiro atoms. The van der Waals surface area contributed by atoms with Gasteiger partial charge in [-0.2, -0.15) is 0 Å². The van der Waals surface area contributed by atoms with Crippen LogP contribution in [0.4, 0.5) is 0 Å². The van der Waals surface area contributed by atoms with E-state index in [1.165, 1.54) is 0 Å². The second-order valence-corrected chi connectivity index (χ2v) is 2.76. The van der Waals surface area contributed by atoms with Crippen molar-refractivity contribution in [1.82, 2.24) is 0 Å². The van der Waals surface area contributed by atoms with Crippen LogP contribution in [0, 0.1) is 0 Å². The molecule has 0 aliphatic rings. The second-order valence-electron chi connectivity index (χ2n) is 2.76. The van der Waals surface area contributed by atoms with Gasteiger partial charge in [0.05, 0.1) is 19.8 Å². The zero-order chi connectivity index (χ0) is 10.1. The van der Waals surface area contributed by atoms with E-state index in [9.17, 15) is 0 Å². The van der Waals surface area contributed by atoms with Crippen molar-refractivity contribution in [3.05, 3.63) is 53.8 Å². The Hall–Kier alpha value is -1.34. The van der Waals surface area contributed by atoms with Crippen molar-refractivity contribution in [2.24, 2.45) is 0 Å². The molecule has 0 bridgehead atoms. The molecule has 0 saturated heterocycles. The largest absolute Gasteiger partial charge is 0.392 e. The van der Waals surface area contributed by atoms with Crippen LogP contribution < -0.4 is 0 Å².